The van der Waals surface area contributed by atoms with E-state index in [1.54, 1.807) is 11.3 Å². The first-order valence-electron chi connectivity index (χ1n) is 3.80. The first-order chi connectivity index (χ1) is 6.24. The lowest BCUT2D eigenvalue weighted by atomic mass is 10.1. The zero-order chi connectivity index (χ0) is 9.42. The second kappa shape index (κ2) is 3.13. The van der Waals surface area contributed by atoms with Crippen molar-refractivity contribution in [3.63, 3.8) is 0 Å². The summed E-state index contributed by atoms with van der Waals surface area (Å²) in [6, 6.07) is 6.11. The summed E-state index contributed by atoms with van der Waals surface area (Å²) in [5, 5.41) is 12.0. The number of hydrogen-bond donors (Lipinski definition) is 0. The minimum atomic E-state index is 0.761. The maximum absolute atomic E-state index is 8.91. The number of hydrogen-bond acceptors (Lipinski definition) is 2. The van der Waals surface area contributed by atoms with Crippen molar-refractivity contribution in [2.45, 2.75) is 6.92 Å². The number of rotatable bonds is 0. The van der Waals surface area contributed by atoms with Gasteiger partial charge < -0.3 is 0 Å². The minimum Gasteiger partial charge on any atom is -0.192 e. The normalized spacial score (nSPS) is 10.2. The van der Waals surface area contributed by atoms with Gasteiger partial charge in [0.05, 0.1) is 16.3 Å². The quantitative estimate of drug-likeness (QED) is 0.698. The highest BCUT2D eigenvalue weighted by Gasteiger charge is 2.07. The predicted octanol–water partition coefficient (Wildman–Crippen LogP) is 3.84. The fourth-order valence-electron chi connectivity index (χ4n) is 1.32. The third-order valence-electron chi connectivity index (χ3n) is 1.98. The smallest absolute Gasteiger partial charge is 0.0998 e. The summed E-state index contributed by atoms with van der Waals surface area (Å²) >= 11 is 5.18. The predicted molar refractivity (Wildman–Crippen MR) is 59.0 cm³/mol. The van der Waals surface area contributed by atoms with Crippen LogP contribution in [0.1, 0.15) is 11.1 Å². The van der Waals surface area contributed by atoms with Crippen LogP contribution in [0.5, 0.6) is 0 Å². The number of benzene rings is 1. The topological polar surface area (TPSA) is 23.8 Å². The highest BCUT2D eigenvalue weighted by atomic mass is 79.9. The molecule has 2 rings (SSSR count). The van der Waals surface area contributed by atoms with Crippen LogP contribution in [-0.4, -0.2) is 0 Å². The molecule has 1 aromatic heterocycles. The lowest BCUT2D eigenvalue weighted by Crippen LogP contribution is -1.81. The maximum atomic E-state index is 8.91. The van der Waals surface area contributed by atoms with Gasteiger partial charge in [0, 0.05) is 9.86 Å². The van der Waals surface area contributed by atoms with Crippen LogP contribution < -0.4 is 0 Å². The molecule has 1 heterocycles. The summed E-state index contributed by atoms with van der Waals surface area (Å²) in [4.78, 5) is 0. The number of nitriles is 1. The molecule has 0 radical (unpaired) electrons. The van der Waals surface area contributed by atoms with E-state index in [1.807, 2.05) is 24.4 Å². The molecule has 0 aliphatic rings. The highest BCUT2D eigenvalue weighted by molar-refractivity contribution is 9.10. The van der Waals surface area contributed by atoms with Crippen molar-refractivity contribution >= 4 is 37.4 Å². The van der Waals surface area contributed by atoms with Crippen molar-refractivity contribution < 1.29 is 0 Å². The molecule has 1 aromatic carbocycles. The number of nitrogens with zero attached hydrogens (tertiary/aromatic N) is 1. The van der Waals surface area contributed by atoms with Gasteiger partial charge in [-0.15, -0.1) is 11.3 Å². The van der Waals surface area contributed by atoms with Gasteiger partial charge in [-0.1, -0.05) is 0 Å². The van der Waals surface area contributed by atoms with Gasteiger partial charge in [0.2, 0.25) is 0 Å². The van der Waals surface area contributed by atoms with Crippen molar-refractivity contribution in [2.24, 2.45) is 0 Å². The van der Waals surface area contributed by atoms with E-state index in [9.17, 15) is 0 Å². The summed E-state index contributed by atoms with van der Waals surface area (Å²) < 4.78 is 2.27. The van der Waals surface area contributed by atoms with Crippen LogP contribution in [0.15, 0.2) is 22.0 Å². The lowest BCUT2D eigenvalue weighted by molar-refractivity contribution is 1.44. The average Bonchev–Trinajstić information content (AvgIpc) is 2.60. The molecule has 0 atom stereocenters. The van der Waals surface area contributed by atoms with E-state index in [0.29, 0.717) is 0 Å². The largest absolute Gasteiger partial charge is 0.192 e. The Morgan fingerprint density at radius 2 is 2.31 bits per heavy atom. The zero-order valence-electron chi connectivity index (χ0n) is 6.97. The van der Waals surface area contributed by atoms with Crippen molar-refractivity contribution in [1.29, 1.82) is 5.26 Å². The van der Waals surface area contributed by atoms with Crippen LogP contribution in [-0.2, 0) is 0 Å². The van der Waals surface area contributed by atoms with E-state index in [4.69, 9.17) is 5.26 Å². The molecule has 0 N–H and O–H groups in total. The Hall–Kier alpha value is -0.850. The van der Waals surface area contributed by atoms with Gasteiger partial charge in [0.1, 0.15) is 0 Å². The Balaban J connectivity index is 2.97. The molecule has 0 saturated heterocycles. The van der Waals surface area contributed by atoms with Crippen LogP contribution in [0.3, 0.4) is 0 Å². The van der Waals surface area contributed by atoms with Crippen molar-refractivity contribution in [3.05, 3.63) is 33.1 Å². The van der Waals surface area contributed by atoms with Gasteiger partial charge in [0.15, 0.2) is 0 Å². The van der Waals surface area contributed by atoms with E-state index in [-0.39, 0.29) is 0 Å². The third kappa shape index (κ3) is 1.27. The van der Waals surface area contributed by atoms with E-state index < -0.39 is 0 Å². The van der Waals surface area contributed by atoms with Crippen LogP contribution in [0.4, 0.5) is 0 Å². The first kappa shape index (κ1) is 8.74. The Labute approximate surface area is 88.7 Å². The standard InChI is InChI=1S/C10H6BrNS/c1-6-4-7(5-12)8-2-3-13-10(8)9(6)11/h2-4H,1H3. The van der Waals surface area contributed by atoms with Crippen molar-refractivity contribution in [3.8, 4) is 6.07 Å². The molecule has 1 nitrogen and oxygen atoms in total. The van der Waals surface area contributed by atoms with E-state index in [2.05, 4.69) is 22.0 Å². The van der Waals surface area contributed by atoms with Crippen LogP contribution in [0.2, 0.25) is 0 Å². The highest BCUT2D eigenvalue weighted by Crippen LogP contribution is 2.33. The van der Waals surface area contributed by atoms with Crippen LogP contribution >= 0.6 is 27.3 Å². The van der Waals surface area contributed by atoms with Crippen LogP contribution in [0.25, 0.3) is 10.1 Å². The Bertz CT molecular complexity index is 507. The number of halogens is 1. The summed E-state index contributed by atoms with van der Waals surface area (Å²) in [5.41, 5.74) is 1.88. The summed E-state index contributed by atoms with van der Waals surface area (Å²) in [6.07, 6.45) is 0. The Morgan fingerprint density at radius 3 is 3.00 bits per heavy atom. The minimum absolute atomic E-state index is 0.761. The van der Waals surface area contributed by atoms with Crippen molar-refractivity contribution in [1.82, 2.24) is 0 Å². The second-order valence-electron chi connectivity index (χ2n) is 2.83. The SMILES string of the molecule is Cc1cc(C#N)c2ccsc2c1Br. The fourth-order valence-corrected chi connectivity index (χ4v) is 2.84. The fraction of sp³-hybridized carbons (Fsp3) is 0.100. The van der Waals surface area contributed by atoms with E-state index in [0.717, 1.165) is 25.7 Å². The van der Waals surface area contributed by atoms with Gasteiger partial charge >= 0.3 is 0 Å². The molecule has 0 unspecified atom stereocenters. The van der Waals surface area contributed by atoms with Gasteiger partial charge in [0.25, 0.3) is 0 Å². The summed E-state index contributed by atoms with van der Waals surface area (Å²) in [5.74, 6) is 0. The van der Waals surface area contributed by atoms with Gasteiger partial charge in [-0.2, -0.15) is 5.26 Å². The van der Waals surface area contributed by atoms with E-state index >= 15 is 0 Å². The molecule has 0 spiro atoms. The molecule has 0 aliphatic carbocycles. The number of thiophene rings is 1. The first-order valence-corrected chi connectivity index (χ1v) is 5.47. The Morgan fingerprint density at radius 1 is 1.54 bits per heavy atom. The average molecular weight is 252 g/mol. The van der Waals surface area contributed by atoms with Crippen molar-refractivity contribution in [2.75, 3.05) is 0 Å². The third-order valence-corrected chi connectivity index (χ3v) is 4.20. The monoisotopic (exact) mass is 251 g/mol. The molecule has 0 amide bonds. The molecule has 2 aromatic rings. The zero-order valence-corrected chi connectivity index (χ0v) is 9.37. The Kier molecular flexibility index (Phi) is 2.10. The molecular formula is C10H6BrNS. The summed E-state index contributed by atoms with van der Waals surface area (Å²) in [7, 11) is 0. The van der Waals surface area contributed by atoms with Gasteiger partial charge in [-0.25, -0.2) is 0 Å². The molecule has 0 bridgehead atoms. The molecule has 13 heavy (non-hydrogen) atoms. The molecule has 3 heteroatoms. The van der Waals surface area contributed by atoms with E-state index in [1.165, 1.54) is 0 Å². The molecular weight excluding hydrogens is 246 g/mol. The van der Waals surface area contributed by atoms with Gasteiger partial charge in [-0.05, 0) is 45.9 Å². The molecule has 0 aliphatic heterocycles. The summed E-state index contributed by atoms with van der Waals surface area (Å²) in [6.45, 7) is 2.00. The van der Waals surface area contributed by atoms with Crippen LogP contribution in [0, 0.1) is 18.3 Å². The van der Waals surface area contributed by atoms with Gasteiger partial charge in [-0.3, -0.25) is 0 Å². The second-order valence-corrected chi connectivity index (χ2v) is 4.54. The molecule has 0 saturated carbocycles. The molecule has 64 valence electrons. The number of aryl methyl sites for hydroxylation is 1. The number of fused-ring (bicyclic) bond motifs is 1. The molecule has 0 fully saturated rings. The maximum Gasteiger partial charge on any atom is 0.0998 e. The lowest BCUT2D eigenvalue weighted by Gasteiger charge is -2.00.